The van der Waals surface area contributed by atoms with Crippen molar-refractivity contribution in [2.75, 3.05) is 38.1 Å². The third-order valence-electron chi connectivity index (χ3n) is 5.42. The lowest BCUT2D eigenvalue weighted by Gasteiger charge is -2.31. The fourth-order valence-electron chi connectivity index (χ4n) is 3.60. The molecular formula is C23H27F2N3O4S. The number of amides is 3. The van der Waals surface area contributed by atoms with E-state index in [0.717, 1.165) is 23.3 Å². The van der Waals surface area contributed by atoms with E-state index in [2.05, 4.69) is 10.6 Å². The van der Waals surface area contributed by atoms with Gasteiger partial charge in [0.1, 0.15) is 6.04 Å². The monoisotopic (exact) mass is 479 g/mol. The molecule has 0 saturated heterocycles. The van der Waals surface area contributed by atoms with Crippen LogP contribution in [-0.2, 0) is 17.8 Å². The van der Waals surface area contributed by atoms with Crippen LogP contribution >= 0.6 is 11.8 Å². The molecule has 0 fully saturated rings. The van der Waals surface area contributed by atoms with Gasteiger partial charge in [-0.3, -0.25) is 4.79 Å². The molecule has 0 radical (unpaired) electrons. The number of carbonyl (C=O) groups excluding carboxylic acids is 2. The summed E-state index contributed by atoms with van der Waals surface area (Å²) in [6.45, 7) is 0.843. The van der Waals surface area contributed by atoms with Crippen molar-refractivity contribution < 1.29 is 27.8 Å². The molecule has 2 aromatic rings. The molecule has 3 rings (SSSR count). The zero-order valence-corrected chi connectivity index (χ0v) is 19.6. The Labute approximate surface area is 195 Å². The van der Waals surface area contributed by atoms with Gasteiger partial charge in [-0.25, -0.2) is 13.6 Å². The molecule has 1 atom stereocenters. The predicted octanol–water partition coefficient (Wildman–Crippen LogP) is 3.81. The maximum Gasteiger partial charge on any atom is 0.318 e. The van der Waals surface area contributed by atoms with Crippen LogP contribution in [0.1, 0.15) is 17.5 Å². The number of nitrogens with one attached hydrogen (secondary N) is 2. The van der Waals surface area contributed by atoms with Crippen LogP contribution in [0, 0.1) is 11.6 Å². The van der Waals surface area contributed by atoms with Crippen molar-refractivity contribution in [3.8, 4) is 11.5 Å². The molecule has 2 N–H and O–H groups in total. The lowest BCUT2D eigenvalue weighted by atomic mass is 9.99. The standard InChI is InChI=1S/C23H27F2N3O4S/c1-31-20-10-14-6-8-28(13-15(14)11-21(20)32-2)23(30)27-19(7-9-33-3)22(29)26-16-4-5-17(24)18(25)12-16/h4-5,10-12,19H,6-9,13H2,1-3H3,(H,26,29)(H,27,30). The number of hydrogen-bond donors (Lipinski definition) is 2. The van der Waals surface area contributed by atoms with Crippen LogP contribution in [-0.4, -0.2) is 55.7 Å². The SMILES string of the molecule is COc1cc2c(cc1OC)CN(C(=O)NC(CCSC)C(=O)Nc1ccc(F)c(F)c1)CC2. The number of ether oxygens (including phenoxy) is 2. The second-order valence-corrected chi connectivity index (χ2v) is 8.53. The fraction of sp³-hybridized carbons (Fsp3) is 0.391. The third-order valence-corrected chi connectivity index (χ3v) is 6.06. The van der Waals surface area contributed by atoms with E-state index in [9.17, 15) is 18.4 Å². The van der Waals surface area contributed by atoms with Crippen molar-refractivity contribution in [3.63, 3.8) is 0 Å². The van der Waals surface area contributed by atoms with Gasteiger partial charge in [0.2, 0.25) is 5.91 Å². The minimum absolute atomic E-state index is 0.121. The van der Waals surface area contributed by atoms with Crippen LogP contribution in [0.3, 0.4) is 0 Å². The average Bonchev–Trinajstić information content (AvgIpc) is 2.82. The number of fused-ring (bicyclic) bond motifs is 1. The van der Waals surface area contributed by atoms with E-state index < -0.39 is 23.6 Å². The maximum absolute atomic E-state index is 13.5. The van der Waals surface area contributed by atoms with E-state index in [1.165, 1.54) is 17.8 Å². The van der Waals surface area contributed by atoms with Crippen LogP contribution in [0.25, 0.3) is 0 Å². The number of urea groups is 1. The molecule has 33 heavy (non-hydrogen) atoms. The molecule has 1 heterocycles. The van der Waals surface area contributed by atoms with Crippen LogP contribution < -0.4 is 20.1 Å². The first-order valence-corrected chi connectivity index (χ1v) is 11.8. The predicted molar refractivity (Wildman–Crippen MR) is 124 cm³/mol. The zero-order chi connectivity index (χ0) is 24.0. The number of benzene rings is 2. The van der Waals surface area contributed by atoms with Gasteiger partial charge in [-0.2, -0.15) is 11.8 Å². The summed E-state index contributed by atoms with van der Waals surface area (Å²) in [5, 5.41) is 5.34. The summed E-state index contributed by atoms with van der Waals surface area (Å²) in [4.78, 5) is 27.4. The first-order valence-electron chi connectivity index (χ1n) is 10.4. The van der Waals surface area contributed by atoms with Gasteiger partial charge in [-0.05, 0) is 60.2 Å². The number of carbonyl (C=O) groups is 2. The van der Waals surface area contributed by atoms with Crippen molar-refractivity contribution in [2.45, 2.75) is 25.4 Å². The number of hydrogen-bond acceptors (Lipinski definition) is 5. The van der Waals surface area contributed by atoms with Gasteiger partial charge in [-0.1, -0.05) is 0 Å². The maximum atomic E-state index is 13.5. The lowest BCUT2D eigenvalue weighted by molar-refractivity contribution is -0.118. The molecule has 7 nitrogen and oxygen atoms in total. The highest BCUT2D eigenvalue weighted by atomic mass is 32.2. The number of rotatable bonds is 8. The molecule has 1 aliphatic rings. The van der Waals surface area contributed by atoms with Gasteiger partial charge in [-0.15, -0.1) is 0 Å². The summed E-state index contributed by atoms with van der Waals surface area (Å²) in [7, 11) is 3.13. The van der Waals surface area contributed by atoms with E-state index in [0.29, 0.717) is 43.2 Å². The largest absolute Gasteiger partial charge is 0.493 e. The molecule has 1 aliphatic heterocycles. The highest BCUT2D eigenvalue weighted by molar-refractivity contribution is 7.98. The number of methoxy groups -OCH3 is 2. The van der Waals surface area contributed by atoms with Crippen LogP contribution in [0.2, 0.25) is 0 Å². The molecule has 0 aromatic heterocycles. The molecule has 2 aromatic carbocycles. The van der Waals surface area contributed by atoms with Crippen molar-refractivity contribution in [2.24, 2.45) is 0 Å². The van der Waals surface area contributed by atoms with Gasteiger partial charge >= 0.3 is 6.03 Å². The second-order valence-electron chi connectivity index (χ2n) is 7.55. The number of anilines is 1. The summed E-state index contributed by atoms with van der Waals surface area (Å²) in [6.07, 6.45) is 2.92. The van der Waals surface area contributed by atoms with Gasteiger partial charge in [0.05, 0.1) is 14.2 Å². The molecule has 0 saturated carbocycles. The second kappa shape index (κ2) is 11.2. The number of thioether (sulfide) groups is 1. The summed E-state index contributed by atoms with van der Waals surface area (Å²) in [6, 6.07) is 5.69. The Bertz CT molecular complexity index is 1020. The van der Waals surface area contributed by atoms with Gasteiger partial charge in [0.15, 0.2) is 23.1 Å². The Hall–Kier alpha value is -3.01. The quantitative estimate of drug-likeness (QED) is 0.602. The highest BCUT2D eigenvalue weighted by Gasteiger charge is 2.27. The molecule has 178 valence electrons. The summed E-state index contributed by atoms with van der Waals surface area (Å²) in [5.74, 6) is -0.693. The molecule has 10 heteroatoms. The summed E-state index contributed by atoms with van der Waals surface area (Å²) >= 11 is 1.54. The molecular weight excluding hydrogens is 452 g/mol. The zero-order valence-electron chi connectivity index (χ0n) is 18.7. The minimum atomic E-state index is -1.06. The topological polar surface area (TPSA) is 79.9 Å². The van der Waals surface area contributed by atoms with Crippen molar-refractivity contribution in [1.82, 2.24) is 10.2 Å². The highest BCUT2D eigenvalue weighted by Crippen LogP contribution is 2.33. The fourth-order valence-corrected chi connectivity index (χ4v) is 4.08. The van der Waals surface area contributed by atoms with E-state index >= 15 is 0 Å². The van der Waals surface area contributed by atoms with Crippen LogP contribution in [0.4, 0.5) is 19.3 Å². The van der Waals surface area contributed by atoms with Crippen LogP contribution in [0.15, 0.2) is 30.3 Å². The summed E-state index contributed by atoms with van der Waals surface area (Å²) in [5.41, 5.74) is 2.14. The van der Waals surface area contributed by atoms with Crippen molar-refractivity contribution in [3.05, 3.63) is 53.1 Å². The van der Waals surface area contributed by atoms with Crippen LogP contribution in [0.5, 0.6) is 11.5 Å². The number of nitrogens with zero attached hydrogens (tertiary/aromatic N) is 1. The molecule has 0 aliphatic carbocycles. The number of halogens is 2. The first kappa shape index (κ1) is 24.6. The normalized spacial score (nSPS) is 13.7. The van der Waals surface area contributed by atoms with Gasteiger partial charge < -0.3 is 25.0 Å². The van der Waals surface area contributed by atoms with Crippen molar-refractivity contribution >= 4 is 29.4 Å². The van der Waals surface area contributed by atoms with Gasteiger partial charge in [0.25, 0.3) is 0 Å². The first-order chi connectivity index (χ1) is 15.9. The Morgan fingerprint density at radius 3 is 2.42 bits per heavy atom. The van der Waals surface area contributed by atoms with E-state index in [4.69, 9.17) is 9.47 Å². The van der Waals surface area contributed by atoms with E-state index in [-0.39, 0.29) is 11.7 Å². The van der Waals surface area contributed by atoms with E-state index in [1.54, 1.807) is 19.1 Å². The molecule has 0 bridgehead atoms. The molecule has 1 unspecified atom stereocenters. The molecule has 0 spiro atoms. The lowest BCUT2D eigenvalue weighted by Crippen LogP contribution is -2.50. The minimum Gasteiger partial charge on any atom is -0.493 e. The Morgan fingerprint density at radius 1 is 1.09 bits per heavy atom. The Kier molecular flexibility index (Phi) is 8.37. The Morgan fingerprint density at radius 2 is 1.79 bits per heavy atom. The average molecular weight is 480 g/mol. The smallest absolute Gasteiger partial charge is 0.318 e. The third kappa shape index (κ3) is 6.07. The Balaban J connectivity index is 1.69. The summed E-state index contributed by atoms with van der Waals surface area (Å²) < 4.78 is 37.4. The van der Waals surface area contributed by atoms with Gasteiger partial charge in [0, 0.05) is 24.8 Å². The van der Waals surface area contributed by atoms with E-state index in [1.807, 2.05) is 18.4 Å². The molecule has 3 amide bonds. The van der Waals surface area contributed by atoms with Crippen molar-refractivity contribution in [1.29, 1.82) is 0 Å².